The summed E-state index contributed by atoms with van der Waals surface area (Å²) < 4.78 is 12.1. The van der Waals surface area contributed by atoms with Crippen LogP contribution in [0.2, 0.25) is 0 Å². The molecule has 170 valence electrons. The molecule has 0 saturated heterocycles. The van der Waals surface area contributed by atoms with Gasteiger partial charge >= 0.3 is 5.97 Å². The molecular weight excluding hydrogens is 406 g/mol. The van der Waals surface area contributed by atoms with Crippen molar-refractivity contribution < 1.29 is 24.2 Å². The molecule has 6 heteroatoms. The Kier molecular flexibility index (Phi) is 6.74. The lowest BCUT2D eigenvalue weighted by atomic mass is 9.86. The number of carbonyl (C=O) groups excluding carboxylic acids is 1. The molecule has 1 atom stereocenters. The molecule has 1 aliphatic heterocycles. The van der Waals surface area contributed by atoms with Crippen molar-refractivity contribution in [1.29, 1.82) is 0 Å². The third-order valence-electron chi connectivity index (χ3n) is 5.34. The molecule has 1 amide bonds. The normalized spacial score (nSPS) is 16.0. The van der Waals surface area contributed by atoms with Crippen molar-refractivity contribution in [2.24, 2.45) is 0 Å². The Morgan fingerprint density at radius 2 is 1.78 bits per heavy atom. The van der Waals surface area contributed by atoms with Crippen LogP contribution in [0.4, 0.5) is 5.69 Å². The highest BCUT2D eigenvalue weighted by Crippen LogP contribution is 2.46. The minimum Gasteiger partial charge on any atom is -0.491 e. The predicted molar refractivity (Wildman–Crippen MR) is 125 cm³/mol. The molecule has 1 aliphatic rings. The summed E-state index contributed by atoms with van der Waals surface area (Å²) in [5, 5.41) is 13.1. The summed E-state index contributed by atoms with van der Waals surface area (Å²) in [6, 6.07) is 7.92. The monoisotopic (exact) mass is 437 g/mol. The van der Waals surface area contributed by atoms with Gasteiger partial charge in [-0.15, -0.1) is 0 Å². The second kappa shape index (κ2) is 9.17. The first-order chi connectivity index (χ1) is 15.0. The average molecular weight is 438 g/mol. The van der Waals surface area contributed by atoms with E-state index in [1.807, 2.05) is 58.9 Å². The molecule has 0 unspecified atom stereocenters. The summed E-state index contributed by atoms with van der Waals surface area (Å²) in [4.78, 5) is 24.9. The van der Waals surface area contributed by atoms with Crippen molar-refractivity contribution in [3.63, 3.8) is 0 Å². The highest BCUT2D eigenvalue weighted by Gasteiger charge is 2.34. The number of carboxylic acids is 1. The Bertz CT molecular complexity index is 1060. The smallest absolute Gasteiger partial charge is 0.337 e. The summed E-state index contributed by atoms with van der Waals surface area (Å²) in [5.74, 6) is -0.818. The van der Waals surface area contributed by atoms with Crippen LogP contribution in [-0.2, 0) is 14.3 Å². The van der Waals surface area contributed by atoms with Crippen LogP contribution in [-0.4, -0.2) is 29.2 Å². The molecule has 3 rings (SSSR count). The van der Waals surface area contributed by atoms with Crippen LogP contribution >= 0.6 is 0 Å². The van der Waals surface area contributed by atoms with E-state index in [9.17, 15) is 14.7 Å². The molecule has 1 heterocycles. The van der Waals surface area contributed by atoms with Crippen molar-refractivity contribution >= 4 is 17.6 Å². The van der Waals surface area contributed by atoms with Gasteiger partial charge in [-0.2, -0.15) is 0 Å². The van der Waals surface area contributed by atoms with Crippen molar-refractivity contribution in [1.82, 2.24) is 0 Å². The molecule has 0 bridgehead atoms. The summed E-state index contributed by atoms with van der Waals surface area (Å²) in [5.41, 5.74) is 4.39. The van der Waals surface area contributed by atoms with Gasteiger partial charge in [0.15, 0.2) is 6.10 Å². The molecule has 0 fully saturated rings. The van der Waals surface area contributed by atoms with Crippen LogP contribution in [0.25, 0.3) is 11.1 Å². The second-order valence-corrected chi connectivity index (χ2v) is 9.09. The lowest BCUT2D eigenvalue weighted by molar-refractivity contribution is -0.160. The largest absolute Gasteiger partial charge is 0.491 e. The third-order valence-corrected chi connectivity index (χ3v) is 5.34. The molecule has 6 nitrogen and oxygen atoms in total. The van der Waals surface area contributed by atoms with Gasteiger partial charge in [0, 0.05) is 11.1 Å². The lowest BCUT2D eigenvalue weighted by Crippen LogP contribution is -2.29. The summed E-state index contributed by atoms with van der Waals surface area (Å²) in [7, 11) is 0. The van der Waals surface area contributed by atoms with Crippen LogP contribution < -0.4 is 10.1 Å². The number of benzene rings is 2. The van der Waals surface area contributed by atoms with E-state index in [0.717, 1.165) is 22.3 Å². The first kappa shape index (κ1) is 23.5. The van der Waals surface area contributed by atoms with Crippen LogP contribution in [0, 0.1) is 20.8 Å². The number of ether oxygens (including phenoxy) is 2. The molecule has 2 aromatic rings. The Labute approximate surface area is 189 Å². The first-order valence-corrected chi connectivity index (χ1v) is 10.7. The van der Waals surface area contributed by atoms with E-state index in [-0.39, 0.29) is 5.91 Å². The van der Waals surface area contributed by atoms with Crippen molar-refractivity contribution in [2.75, 3.05) is 11.9 Å². The fourth-order valence-electron chi connectivity index (χ4n) is 3.92. The minimum atomic E-state index is -1.23. The Balaban J connectivity index is 2.38. The number of carboxylic acid groups (broad SMARTS) is 1. The highest BCUT2D eigenvalue weighted by molar-refractivity contribution is 6.02. The molecule has 0 aromatic heterocycles. The number of amides is 1. The predicted octanol–water partition coefficient (Wildman–Crippen LogP) is 5.50. The number of carbonyl (C=O) groups is 2. The molecule has 2 aromatic carbocycles. The van der Waals surface area contributed by atoms with Crippen molar-refractivity contribution in [2.45, 2.75) is 59.7 Å². The first-order valence-electron chi connectivity index (χ1n) is 10.7. The van der Waals surface area contributed by atoms with E-state index in [2.05, 4.69) is 5.32 Å². The number of nitrogens with one attached hydrogen (secondary N) is 1. The molecule has 0 saturated carbocycles. The lowest BCUT2D eigenvalue weighted by Gasteiger charge is -2.30. The van der Waals surface area contributed by atoms with Gasteiger partial charge in [0.1, 0.15) is 5.75 Å². The minimum absolute atomic E-state index is 0.281. The number of anilines is 1. The standard InChI is InChI=1S/C26H31NO5/c1-15-10-12-18(13-11-15)20-17(3)23-22(27-19(28)9-7-8-14-31-23)16(2)21(20)24(25(29)30)32-26(4,5)6/h7,9-13,24H,8,14H2,1-6H3,(H,27,28)(H,29,30)/b9-7-/t24-/m0/s1. The molecule has 0 aliphatic carbocycles. The van der Waals surface area contributed by atoms with Gasteiger partial charge in [-0.25, -0.2) is 4.79 Å². The van der Waals surface area contributed by atoms with E-state index in [1.165, 1.54) is 6.08 Å². The zero-order valence-corrected chi connectivity index (χ0v) is 19.5. The van der Waals surface area contributed by atoms with Gasteiger partial charge in [-0.05, 0) is 70.7 Å². The maximum Gasteiger partial charge on any atom is 0.337 e. The fourth-order valence-corrected chi connectivity index (χ4v) is 3.92. The summed E-state index contributed by atoms with van der Waals surface area (Å²) in [6.45, 7) is 11.6. The Morgan fingerprint density at radius 3 is 2.38 bits per heavy atom. The summed E-state index contributed by atoms with van der Waals surface area (Å²) >= 11 is 0. The van der Waals surface area contributed by atoms with E-state index in [1.54, 1.807) is 13.0 Å². The van der Waals surface area contributed by atoms with E-state index < -0.39 is 17.7 Å². The zero-order chi connectivity index (χ0) is 23.6. The van der Waals surface area contributed by atoms with Gasteiger partial charge in [0.2, 0.25) is 5.91 Å². The Morgan fingerprint density at radius 1 is 1.12 bits per heavy atom. The fraction of sp³-hybridized carbons (Fsp3) is 0.385. The van der Waals surface area contributed by atoms with Crippen LogP contribution in [0.5, 0.6) is 5.75 Å². The highest BCUT2D eigenvalue weighted by atomic mass is 16.5. The SMILES string of the molecule is Cc1ccc(-c2c(C)c3c(c(C)c2[C@H](OC(C)(C)C)C(=O)O)NC(=O)/C=C\CCO3)cc1. The van der Waals surface area contributed by atoms with Crippen LogP contribution in [0.3, 0.4) is 0 Å². The maximum absolute atomic E-state index is 12.5. The molecule has 0 radical (unpaired) electrons. The quantitative estimate of drug-likeness (QED) is 0.660. The molecule has 2 N–H and O–H groups in total. The number of aliphatic carboxylic acids is 1. The van der Waals surface area contributed by atoms with Crippen molar-refractivity contribution in [3.05, 3.63) is 58.7 Å². The molecular formula is C26H31NO5. The zero-order valence-electron chi connectivity index (χ0n) is 19.5. The van der Waals surface area contributed by atoms with E-state index >= 15 is 0 Å². The van der Waals surface area contributed by atoms with E-state index in [4.69, 9.17) is 9.47 Å². The van der Waals surface area contributed by atoms with Crippen molar-refractivity contribution in [3.8, 4) is 16.9 Å². The maximum atomic E-state index is 12.5. The Hall–Kier alpha value is -3.12. The van der Waals surface area contributed by atoms with Gasteiger partial charge in [-0.1, -0.05) is 35.9 Å². The topological polar surface area (TPSA) is 84.9 Å². The van der Waals surface area contributed by atoms with Gasteiger partial charge in [0.05, 0.1) is 17.9 Å². The number of fused-ring (bicyclic) bond motifs is 1. The number of aryl methyl sites for hydroxylation is 1. The number of hydrogen-bond donors (Lipinski definition) is 2. The third kappa shape index (κ3) is 5.02. The van der Waals surface area contributed by atoms with Gasteiger partial charge < -0.3 is 19.9 Å². The number of hydrogen-bond acceptors (Lipinski definition) is 4. The molecule has 0 spiro atoms. The molecule has 32 heavy (non-hydrogen) atoms. The second-order valence-electron chi connectivity index (χ2n) is 9.09. The van der Waals surface area contributed by atoms with E-state index in [0.29, 0.717) is 35.6 Å². The summed E-state index contributed by atoms with van der Waals surface area (Å²) in [6.07, 6.45) is 2.60. The van der Waals surface area contributed by atoms with Gasteiger partial charge in [0.25, 0.3) is 0 Å². The van der Waals surface area contributed by atoms with Gasteiger partial charge in [-0.3, -0.25) is 4.79 Å². The van der Waals surface area contributed by atoms with Crippen LogP contribution in [0.1, 0.15) is 55.5 Å². The number of rotatable bonds is 4. The van der Waals surface area contributed by atoms with Crippen LogP contribution in [0.15, 0.2) is 36.4 Å². The average Bonchev–Trinajstić information content (AvgIpc) is 2.79.